The van der Waals surface area contributed by atoms with E-state index in [9.17, 15) is 35.1 Å². The molecule has 53 heavy (non-hydrogen) atoms. The molecule has 0 amide bonds. The Morgan fingerprint density at radius 2 is 1.51 bits per heavy atom. The summed E-state index contributed by atoms with van der Waals surface area (Å²) in [6.45, 7) is 17.0. The van der Waals surface area contributed by atoms with Gasteiger partial charge in [0.2, 0.25) is 0 Å². The summed E-state index contributed by atoms with van der Waals surface area (Å²) in [6.07, 6.45) is -9.15. The van der Waals surface area contributed by atoms with Crippen LogP contribution in [0.15, 0.2) is 0 Å². The Kier molecular flexibility index (Phi) is 15.9. The van der Waals surface area contributed by atoms with Gasteiger partial charge in [-0.25, -0.2) is 0 Å². The van der Waals surface area contributed by atoms with Gasteiger partial charge in [0.1, 0.15) is 29.7 Å². The summed E-state index contributed by atoms with van der Waals surface area (Å²) in [5.41, 5.74) is -4.79. The van der Waals surface area contributed by atoms with Crippen LogP contribution in [0.25, 0.3) is 0 Å². The van der Waals surface area contributed by atoms with Gasteiger partial charge in [-0.3, -0.25) is 9.59 Å². The maximum Gasteiger partial charge on any atom is 0.311 e. The minimum absolute atomic E-state index is 0.0616. The summed E-state index contributed by atoms with van der Waals surface area (Å²) in [7, 11) is 5.19. The van der Waals surface area contributed by atoms with E-state index in [4.69, 9.17) is 28.4 Å². The fraction of sp³-hybridized carbons (Fsp3) is 0.949. The van der Waals surface area contributed by atoms with Crippen molar-refractivity contribution in [3.05, 3.63) is 0 Å². The highest BCUT2D eigenvalue weighted by atomic mass is 16.7. The van der Waals surface area contributed by atoms with Crippen molar-refractivity contribution < 1.29 is 63.5 Å². The lowest BCUT2D eigenvalue weighted by Crippen LogP contribution is -2.61. The van der Waals surface area contributed by atoms with Crippen molar-refractivity contribution in [3.63, 3.8) is 0 Å². The van der Waals surface area contributed by atoms with Crippen molar-refractivity contribution in [2.45, 2.75) is 192 Å². The number of nitrogens with zero attached hydrogens (tertiary/aromatic N) is 1. The number of rotatable bonds is 9. The summed E-state index contributed by atoms with van der Waals surface area (Å²) in [4.78, 5) is 30.2. The molecule has 0 aliphatic carbocycles. The zero-order valence-corrected chi connectivity index (χ0v) is 34.4. The van der Waals surface area contributed by atoms with E-state index in [0.29, 0.717) is 12.8 Å². The van der Waals surface area contributed by atoms with Crippen LogP contribution in [-0.4, -0.2) is 148 Å². The smallest absolute Gasteiger partial charge is 0.311 e. The van der Waals surface area contributed by atoms with Crippen molar-refractivity contribution in [3.8, 4) is 0 Å². The molecule has 0 bridgehead atoms. The summed E-state index contributed by atoms with van der Waals surface area (Å²) in [5.74, 6) is -4.94. The second-order valence-electron chi connectivity index (χ2n) is 17.0. The lowest BCUT2D eigenvalue weighted by molar-refractivity contribution is -0.318. The molecule has 0 aromatic carbocycles. The average Bonchev–Trinajstić information content (AvgIpc) is 3.09. The number of esters is 1. The Hall–Kier alpha value is -1.30. The predicted octanol–water partition coefficient (Wildman–Crippen LogP) is 2.57. The fourth-order valence-electron chi connectivity index (χ4n) is 8.97. The van der Waals surface area contributed by atoms with Crippen LogP contribution in [-0.2, 0) is 38.0 Å². The minimum atomic E-state index is -1.94. The number of hydrogen-bond acceptors (Lipinski definition) is 14. The Bertz CT molecular complexity index is 1200. The SMILES string of the molecule is CCC[C@]1(O)[C@H](O)[C@@H](C)C(=O)[C@H](C)C[C@@](C)(O)[C@H](O[C@H]2O[C@@H](C)C[C@@H](N(C)C)[C@@H]2O)[C@@H](C)[C@H](O[C@H]2C[C@@](C)(OC)[C@@H](O)[C@H](C)O2)[C@@H](C)C(=O)O[C@@H]1CC. The third-order valence-electron chi connectivity index (χ3n) is 12.3. The minimum Gasteiger partial charge on any atom is -0.459 e. The zero-order chi connectivity index (χ0) is 40.4. The molecule has 14 heteroatoms. The van der Waals surface area contributed by atoms with Gasteiger partial charge in [-0.2, -0.15) is 0 Å². The van der Waals surface area contributed by atoms with Gasteiger partial charge < -0.3 is 58.9 Å². The zero-order valence-electron chi connectivity index (χ0n) is 34.4. The number of aliphatic hydroxyl groups is 5. The van der Waals surface area contributed by atoms with E-state index < -0.39 is 108 Å². The van der Waals surface area contributed by atoms with Gasteiger partial charge in [-0.1, -0.05) is 41.0 Å². The molecule has 18 atom stereocenters. The van der Waals surface area contributed by atoms with E-state index in [0.717, 1.165) is 0 Å². The second-order valence-corrected chi connectivity index (χ2v) is 17.0. The number of Topliss-reactive ketones (excluding diaryl/α,β-unsaturated/α-hetero) is 1. The van der Waals surface area contributed by atoms with Gasteiger partial charge >= 0.3 is 5.97 Å². The van der Waals surface area contributed by atoms with E-state index in [1.165, 1.54) is 21.0 Å². The van der Waals surface area contributed by atoms with Gasteiger partial charge in [0.25, 0.3) is 0 Å². The molecule has 3 aliphatic rings. The predicted molar refractivity (Wildman–Crippen MR) is 195 cm³/mol. The van der Waals surface area contributed by atoms with Crippen LogP contribution in [0.5, 0.6) is 0 Å². The molecule has 0 unspecified atom stereocenters. The van der Waals surface area contributed by atoms with E-state index in [-0.39, 0.29) is 37.8 Å². The molecule has 0 radical (unpaired) electrons. The molecular weight excluding hydrogens is 690 g/mol. The van der Waals surface area contributed by atoms with Crippen molar-refractivity contribution in [1.29, 1.82) is 0 Å². The van der Waals surface area contributed by atoms with Crippen LogP contribution in [0.4, 0.5) is 0 Å². The number of likely N-dealkylation sites (N-methyl/N-ethyl adjacent to an activating group) is 1. The van der Waals surface area contributed by atoms with E-state index >= 15 is 0 Å². The van der Waals surface area contributed by atoms with Crippen LogP contribution in [0, 0.1) is 23.7 Å². The summed E-state index contributed by atoms with van der Waals surface area (Å²) < 4.78 is 37.4. The summed E-state index contributed by atoms with van der Waals surface area (Å²) in [6, 6.07) is -0.325. The van der Waals surface area contributed by atoms with Gasteiger partial charge in [0.15, 0.2) is 12.6 Å². The number of methoxy groups -OCH3 is 1. The van der Waals surface area contributed by atoms with E-state index in [1.54, 1.807) is 41.5 Å². The van der Waals surface area contributed by atoms with Crippen LogP contribution < -0.4 is 0 Å². The molecule has 3 rings (SSSR count). The molecule has 3 saturated heterocycles. The first-order valence-corrected chi connectivity index (χ1v) is 19.6. The summed E-state index contributed by atoms with van der Waals surface area (Å²) >= 11 is 0. The number of ketones is 1. The topological polar surface area (TPSA) is 194 Å². The standard InChI is InChI=1S/C39H71NO13/c1-14-16-39(47)27(15-2)51-35(45)24(7)31(52-28-19-38(10,48-13)33(44)25(8)50-28)23(6)34(37(9,46)18-20(3)29(41)22(5)32(39)43)53-36-30(42)26(40(11)12)17-21(4)49-36/h20-28,30-34,36,42-44,46-47H,14-19H2,1-13H3/t20-,21+,22+,23+,24-,25+,26-,27-,28+,30+,31+,32-,33+,34-,36-,37-,38-,39-/m1/s1. The Morgan fingerprint density at radius 3 is 2.06 bits per heavy atom. The van der Waals surface area contributed by atoms with Crippen molar-refractivity contribution in [1.82, 2.24) is 4.90 Å². The van der Waals surface area contributed by atoms with Crippen molar-refractivity contribution in [2.75, 3.05) is 21.2 Å². The maximum absolute atomic E-state index is 14.3. The molecule has 3 fully saturated rings. The largest absolute Gasteiger partial charge is 0.459 e. The van der Waals surface area contributed by atoms with Crippen LogP contribution in [0.2, 0.25) is 0 Å². The molecule has 0 aromatic heterocycles. The monoisotopic (exact) mass is 761 g/mol. The first kappa shape index (κ1) is 46.1. The molecule has 3 aliphatic heterocycles. The van der Waals surface area contributed by atoms with E-state index in [1.807, 2.05) is 32.8 Å². The Labute approximate surface area is 316 Å². The molecule has 310 valence electrons. The lowest BCUT2D eigenvalue weighted by atomic mass is 9.72. The van der Waals surface area contributed by atoms with Gasteiger partial charge in [0.05, 0.1) is 47.6 Å². The van der Waals surface area contributed by atoms with Crippen LogP contribution in [0.1, 0.15) is 108 Å². The second kappa shape index (κ2) is 18.3. The van der Waals surface area contributed by atoms with Crippen molar-refractivity contribution >= 4 is 11.8 Å². The molecule has 0 spiro atoms. The Balaban J connectivity index is 2.21. The maximum atomic E-state index is 14.3. The molecule has 14 nitrogen and oxygen atoms in total. The molecule has 3 heterocycles. The quantitative estimate of drug-likeness (QED) is 0.215. The van der Waals surface area contributed by atoms with Gasteiger partial charge in [-0.05, 0) is 74.4 Å². The van der Waals surface area contributed by atoms with Crippen molar-refractivity contribution in [2.24, 2.45) is 23.7 Å². The first-order valence-electron chi connectivity index (χ1n) is 19.6. The molecule has 5 N–H and O–H groups in total. The highest BCUT2D eigenvalue weighted by Crippen LogP contribution is 2.41. The lowest BCUT2D eigenvalue weighted by Gasteiger charge is -2.49. The number of carbonyl (C=O) groups is 2. The van der Waals surface area contributed by atoms with Crippen LogP contribution >= 0.6 is 0 Å². The third-order valence-corrected chi connectivity index (χ3v) is 12.3. The molecular formula is C39H71NO13. The van der Waals surface area contributed by atoms with Gasteiger partial charge in [-0.15, -0.1) is 0 Å². The molecule has 0 aromatic rings. The third kappa shape index (κ3) is 9.99. The van der Waals surface area contributed by atoms with E-state index in [2.05, 4.69) is 0 Å². The highest BCUT2D eigenvalue weighted by molar-refractivity contribution is 5.83. The number of cyclic esters (lactones) is 1. The number of hydrogen-bond donors (Lipinski definition) is 5. The first-order chi connectivity index (χ1) is 24.5. The molecule has 0 saturated carbocycles. The number of ether oxygens (including phenoxy) is 6. The average molecular weight is 762 g/mol. The Morgan fingerprint density at radius 1 is 0.887 bits per heavy atom. The van der Waals surface area contributed by atoms with Gasteiger partial charge in [0, 0.05) is 37.3 Å². The number of carbonyl (C=O) groups excluding carboxylic acids is 2. The van der Waals surface area contributed by atoms with Crippen LogP contribution in [0.3, 0.4) is 0 Å². The summed E-state index contributed by atoms with van der Waals surface area (Å²) in [5, 5.41) is 58.6. The fourth-order valence-corrected chi connectivity index (χ4v) is 8.97. The number of aliphatic hydroxyl groups excluding tert-OH is 3. The highest BCUT2D eigenvalue weighted by Gasteiger charge is 2.54. The normalized spacial score (nSPS) is 48.3.